The summed E-state index contributed by atoms with van der Waals surface area (Å²) in [6.07, 6.45) is 10.3. The van der Waals surface area contributed by atoms with E-state index in [-0.39, 0.29) is 0 Å². The van der Waals surface area contributed by atoms with Crippen molar-refractivity contribution in [2.24, 2.45) is 11.3 Å². The van der Waals surface area contributed by atoms with Gasteiger partial charge in [-0.1, -0.05) is 19.8 Å². The smallest absolute Gasteiger partial charge is 0.0743 e. The van der Waals surface area contributed by atoms with Crippen molar-refractivity contribution in [3.8, 4) is 0 Å². The van der Waals surface area contributed by atoms with Crippen LogP contribution in [-0.4, -0.2) is 11.7 Å². The van der Waals surface area contributed by atoms with Crippen molar-refractivity contribution in [2.45, 2.75) is 70.5 Å². The van der Waals surface area contributed by atoms with Gasteiger partial charge in [0.25, 0.3) is 0 Å². The SMILES string of the molecule is CC1OC23CCCC[C@@]2(C)CCC1C3. The van der Waals surface area contributed by atoms with Crippen LogP contribution in [0.2, 0.25) is 0 Å². The quantitative estimate of drug-likeness (QED) is 0.573. The molecule has 80 valence electrons. The third-order valence-corrected chi connectivity index (χ3v) is 5.39. The number of hydrogen-bond acceptors (Lipinski definition) is 1. The van der Waals surface area contributed by atoms with E-state index < -0.39 is 0 Å². The van der Waals surface area contributed by atoms with Crippen LogP contribution in [-0.2, 0) is 4.74 Å². The molecule has 1 spiro atoms. The molecule has 2 saturated carbocycles. The first-order valence-electron chi connectivity index (χ1n) is 6.33. The normalized spacial score (nSPS) is 57.0. The minimum absolute atomic E-state index is 0.299. The van der Waals surface area contributed by atoms with Crippen molar-refractivity contribution in [2.75, 3.05) is 0 Å². The number of hydrogen-bond donors (Lipinski definition) is 0. The molecule has 3 rings (SSSR count). The summed E-state index contributed by atoms with van der Waals surface area (Å²) in [4.78, 5) is 0. The zero-order valence-electron chi connectivity index (χ0n) is 9.51. The predicted molar refractivity (Wildman–Crippen MR) is 57.2 cm³/mol. The van der Waals surface area contributed by atoms with Gasteiger partial charge >= 0.3 is 0 Å². The summed E-state index contributed by atoms with van der Waals surface area (Å²) in [6.45, 7) is 4.78. The highest BCUT2D eigenvalue weighted by Crippen LogP contribution is 2.61. The van der Waals surface area contributed by atoms with E-state index in [9.17, 15) is 0 Å². The highest BCUT2D eigenvalue weighted by molar-refractivity contribution is 5.09. The molecule has 0 amide bonds. The summed E-state index contributed by atoms with van der Waals surface area (Å²) in [5.41, 5.74) is 0.820. The van der Waals surface area contributed by atoms with E-state index >= 15 is 0 Å². The first kappa shape index (κ1) is 9.21. The molecular formula is C13H22O. The van der Waals surface area contributed by atoms with Crippen molar-refractivity contribution in [3.05, 3.63) is 0 Å². The third kappa shape index (κ3) is 0.997. The molecule has 1 nitrogen and oxygen atoms in total. The molecule has 14 heavy (non-hydrogen) atoms. The molecule has 0 N–H and O–H groups in total. The largest absolute Gasteiger partial charge is 0.371 e. The van der Waals surface area contributed by atoms with Gasteiger partial charge in [0.1, 0.15) is 0 Å². The topological polar surface area (TPSA) is 9.23 Å². The van der Waals surface area contributed by atoms with Crippen molar-refractivity contribution < 1.29 is 4.74 Å². The molecule has 2 bridgehead atoms. The predicted octanol–water partition coefficient (Wildman–Crippen LogP) is 3.52. The Morgan fingerprint density at radius 2 is 1.93 bits per heavy atom. The Morgan fingerprint density at radius 3 is 2.79 bits per heavy atom. The molecule has 0 aromatic carbocycles. The molecule has 3 aliphatic rings. The van der Waals surface area contributed by atoms with Gasteiger partial charge in [0.15, 0.2) is 0 Å². The summed E-state index contributed by atoms with van der Waals surface area (Å²) in [7, 11) is 0. The Bertz CT molecular complexity index is 246. The molecular weight excluding hydrogens is 172 g/mol. The monoisotopic (exact) mass is 194 g/mol. The van der Waals surface area contributed by atoms with Crippen molar-refractivity contribution in [3.63, 3.8) is 0 Å². The van der Waals surface area contributed by atoms with Crippen LogP contribution in [0.4, 0.5) is 0 Å². The van der Waals surface area contributed by atoms with E-state index in [1.165, 1.54) is 44.9 Å². The molecule has 0 aromatic rings. The summed E-state index contributed by atoms with van der Waals surface area (Å²) < 4.78 is 6.38. The van der Waals surface area contributed by atoms with Gasteiger partial charge in [-0.15, -0.1) is 0 Å². The lowest BCUT2D eigenvalue weighted by atomic mass is 9.56. The van der Waals surface area contributed by atoms with Gasteiger partial charge in [0, 0.05) is 0 Å². The van der Waals surface area contributed by atoms with E-state index in [2.05, 4.69) is 13.8 Å². The standard InChI is InChI=1S/C13H22O/c1-10-11-5-8-12(2)6-3-4-7-13(12,9-11)14-10/h10-11H,3-9H2,1-2H3/t10?,11?,12-,13?/m0/s1. The zero-order chi connectivity index (χ0) is 9.81. The fourth-order valence-corrected chi connectivity index (χ4v) is 4.29. The number of fused-ring (bicyclic) bond motifs is 1. The minimum atomic E-state index is 0.299. The molecule has 3 unspecified atom stereocenters. The Hall–Kier alpha value is -0.0400. The van der Waals surface area contributed by atoms with E-state index in [4.69, 9.17) is 4.74 Å². The van der Waals surface area contributed by atoms with Gasteiger partial charge in [-0.25, -0.2) is 0 Å². The average molecular weight is 194 g/mol. The highest BCUT2D eigenvalue weighted by Gasteiger charge is 2.59. The van der Waals surface area contributed by atoms with Gasteiger partial charge in [-0.2, -0.15) is 0 Å². The molecule has 2 aliphatic carbocycles. The molecule has 4 atom stereocenters. The van der Waals surface area contributed by atoms with Crippen LogP contribution in [0.1, 0.15) is 58.8 Å². The highest BCUT2D eigenvalue weighted by atomic mass is 16.5. The summed E-state index contributed by atoms with van der Waals surface area (Å²) >= 11 is 0. The van der Waals surface area contributed by atoms with Gasteiger partial charge in [0.2, 0.25) is 0 Å². The number of rotatable bonds is 0. The average Bonchev–Trinajstić information content (AvgIpc) is 2.43. The lowest BCUT2D eigenvalue weighted by Gasteiger charge is -2.51. The van der Waals surface area contributed by atoms with E-state index in [1.54, 1.807) is 0 Å². The third-order valence-electron chi connectivity index (χ3n) is 5.39. The second-order valence-electron chi connectivity index (χ2n) is 6.09. The molecule has 1 heteroatoms. The Balaban J connectivity index is 1.96. The maximum absolute atomic E-state index is 6.38. The van der Waals surface area contributed by atoms with E-state index in [0.29, 0.717) is 17.1 Å². The Labute approximate surface area is 87.2 Å². The lowest BCUT2D eigenvalue weighted by molar-refractivity contribution is -0.140. The molecule has 3 fully saturated rings. The van der Waals surface area contributed by atoms with Crippen LogP contribution >= 0.6 is 0 Å². The van der Waals surface area contributed by atoms with Crippen LogP contribution in [0.15, 0.2) is 0 Å². The first-order valence-corrected chi connectivity index (χ1v) is 6.33. The van der Waals surface area contributed by atoms with E-state index in [0.717, 1.165) is 5.92 Å². The molecule has 1 aliphatic heterocycles. The first-order chi connectivity index (χ1) is 6.65. The van der Waals surface area contributed by atoms with Crippen LogP contribution in [0.25, 0.3) is 0 Å². The second-order valence-corrected chi connectivity index (χ2v) is 6.09. The van der Waals surface area contributed by atoms with Crippen LogP contribution < -0.4 is 0 Å². The maximum atomic E-state index is 6.38. The molecule has 0 radical (unpaired) electrons. The van der Waals surface area contributed by atoms with Crippen molar-refractivity contribution in [1.29, 1.82) is 0 Å². The van der Waals surface area contributed by atoms with Crippen LogP contribution in [0.5, 0.6) is 0 Å². The zero-order valence-corrected chi connectivity index (χ0v) is 9.51. The van der Waals surface area contributed by atoms with Crippen LogP contribution in [0, 0.1) is 11.3 Å². The fraction of sp³-hybridized carbons (Fsp3) is 1.00. The lowest BCUT2D eigenvalue weighted by Crippen LogP contribution is -2.50. The van der Waals surface area contributed by atoms with E-state index in [1.807, 2.05) is 0 Å². The van der Waals surface area contributed by atoms with Crippen molar-refractivity contribution >= 4 is 0 Å². The molecule has 1 saturated heterocycles. The summed E-state index contributed by atoms with van der Waals surface area (Å²) in [5, 5.41) is 0. The molecule has 1 heterocycles. The van der Waals surface area contributed by atoms with Gasteiger partial charge in [0.05, 0.1) is 11.7 Å². The Morgan fingerprint density at radius 1 is 1.14 bits per heavy atom. The number of ether oxygens (including phenoxy) is 1. The van der Waals surface area contributed by atoms with Crippen LogP contribution in [0.3, 0.4) is 0 Å². The minimum Gasteiger partial charge on any atom is -0.371 e. The second kappa shape index (κ2) is 2.75. The summed E-state index contributed by atoms with van der Waals surface area (Å²) in [6, 6.07) is 0. The molecule has 0 aromatic heterocycles. The van der Waals surface area contributed by atoms with Gasteiger partial charge < -0.3 is 4.74 Å². The fourth-order valence-electron chi connectivity index (χ4n) is 4.29. The Kier molecular flexibility index (Phi) is 1.81. The van der Waals surface area contributed by atoms with Crippen molar-refractivity contribution in [1.82, 2.24) is 0 Å². The summed E-state index contributed by atoms with van der Waals surface area (Å²) in [5.74, 6) is 0.876. The van der Waals surface area contributed by atoms with Gasteiger partial charge in [-0.3, -0.25) is 0 Å². The maximum Gasteiger partial charge on any atom is 0.0743 e. The van der Waals surface area contributed by atoms with Gasteiger partial charge in [-0.05, 0) is 50.4 Å².